The maximum absolute atomic E-state index is 12.9. The monoisotopic (exact) mass is 348 g/mol. The van der Waals surface area contributed by atoms with Gasteiger partial charge in [0.2, 0.25) is 0 Å². The second-order valence-corrected chi connectivity index (χ2v) is 6.40. The molecule has 0 radical (unpaired) electrons. The predicted molar refractivity (Wildman–Crippen MR) is 103 cm³/mol. The van der Waals surface area contributed by atoms with Crippen molar-refractivity contribution in [2.24, 2.45) is 0 Å². The lowest BCUT2D eigenvalue weighted by atomic mass is 10.1. The predicted octanol–water partition coefficient (Wildman–Crippen LogP) is 3.45. The number of amides is 1. The summed E-state index contributed by atoms with van der Waals surface area (Å²) in [5.41, 5.74) is 4.76. The zero-order chi connectivity index (χ0) is 18.5. The molecule has 0 aliphatic carbocycles. The van der Waals surface area contributed by atoms with Crippen LogP contribution >= 0.6 is 0 Å². The number of pyridine rings is 1. The van der Waals surface area contributed by atoms with Gasteiger partial charge < -0.3 is 4.90 Å². The Morgan fingerprint density at radius 2 is 1.92 bits per heavy atom. The lowest BCUT2D eigenvalue weighted by Gasteiger charge is -2.17. The van der Waals surface area contributed by atoms with Crippen molar-refractivity contribution in [2.45, 2.75) is 26.7 Å². The number of likely N-dealkylation sites (N-methyl/N-ethyl adjacent to an activating group) is 1. The van der Waals surface area contributed by atoms with Crippen molar-refractivity contribution in [3.8, 4) is 5.69 Å². The number of aryl methyl sites for hydroxylation is 1. The molecule has 0 N–H and O–H groups in total. The average molecular weight is 348 g/mol. The van der Waals surface area contributed by atoms with Crippen molar-refractivity contribution in [1.29, 1.82) is 0 Å². The van der Waals surface area contributed by atoms with Gasteiger partial charge in [0, 0.05) is 31.9 Å². The molecule has 0 saturated heterocycles. The molecule has 3 aromatic rings. The van der Waals surface area contributed by atoms with Crippen molar-refractivity contribution in [3.63, 3.8) is 0 Å². The molecule has 26 heavy (non-hydrogen) atoms. The summed E-state index contributed by atoms with van der Waals surface area (Å²) >= 11 is 0. The molecule has 0 spiro atoms. The van der Waals surface area contributed by atoms with E-state index in [4.69, 9.17) is 0 Å². The van der Waals surface area contributed by atoms with Crippen molar-refractivity contribution in [3.05, 3.63) is 77.4 Å². The Kier molecular flexibility index (Phi) is 5.46. The van der Waals surface area contributed by atoms with Crippen LogP contribution in [0.2, 0.25) is 0 Å². The van der Waals surface area contributed by atoms with Crippen LogP contribution in [0.15, 0.2) is 54.9 Å². The summed E-state index contributed by atoms with van der Waals surface area (Å²) in [7, 11) is 1.83. The zero-order valence-electron chi connectivity index (χ0n) is 15.5. The van der Waals surface area contributed by atoms with Crippen LogP contribution in [0.5, 0.6) is 0 Å². The van der Waals surface area contributed by atoms with Gasteiger partial charge in [-0.25, -0.2) is 4.68 Å². The summed E-state index contributed by atoms with van der Waals surface area (Å²) in [6.07, 6.45) is 4.93. The molecule has 0 bridgehead atoms. The number of nitrogens with zero attached hydrogens (tertiary/aromatic N) is 4. The molecule has 2 heterocycles. The van der Waals surface area contributed by atoms with E-state index in [9.17, 15) is 4.79 Å². The molecule has 3 rings (SSSR count). The molecule has 2 aromatic heterocycles. The van der Waals surface area contributed by atoms with Gasteiger partial charge in [-0.3, -0.25) is 9.78 Å². The number of aromatic nitrogens is 3. The van der Waals surface area contributed by atoms with E-state index in [0.29, 0.717) is 12.1 Å². The van der Waals surface area contributed by atoms with Crippen LogP contribution in [-0.2, 0) is 12.8 Å². The maximum Gasteiger partial charge on any atom is 0.257 e. The van der Waals surface area contributed by atoms with Crippen LogP contribution in [0.25, 0.3) is 5.69 Å². The highest BCUT2D eigenvalue weighted by Crippen LogP contribution is 2.18. The first-order valence-electron chi connectivity index (χ1n) is 8.89. The van der Waals surface area contributed by atoms with Gasteiger partial charge in [-0.1, -0.05) is 30.7 Å². The Balaban J connectivity index is 1.77. The third-order valence-electron chi connectivity index (χ3n) is 4.49. The van der Waals surface area contributed by atoms with Gasteiger partial charge in [0.15, 0.2) is 0 Å². The first-order chi connectivity index (χ1) is 12.6. The van der Waals surface area contributed by atoms with Crippen molar-refractivity contribution >= 4 is 5.91 Å². The summed E-state index contributed by atoms with van der Waals surface area (Å²) in [6.45, 7) is 4.72. The molecule has 0 unspecified atom stereocenters. The molecular formula is C21H24N4O. The Labute approximate surface area is 154 Å². The number of carbonyl (C=O) groups excluding carboxylic acids is 1. The normalized spacial score (nSPS) is 10.7. The maximum atomic E-state index is 12.9. The average Bonchev–Trinajstić information content (AvgIpc) is 3.10. The van der Waals surface area contributed by atoms with Crippen LogP contribution in [0.1, 0.15) is 34.2 Å². The van der Waals surface area contributed by atoms with E-state index < -0.39 is 0 Å². The van der Waals surface area contributed by atoms with Crippen LogP contribution in [0, 0.1) is 6.92 Å². The van der Waals surface area contributed by atoms with E-state index in [2.05, 4.69) is 29.1 Å². The summed E-state index contributed by atoms with van der Waals surface area (Å²) in [6, 6.07) is 14.0. The highest BCUT2D eigenvalue weighted by Gasteiger charge is 2.20. The fourth-order valence-corrected chi connectivity index (χ4v) is 2.94. The second-order valence-electron chi connectivity index (χ2n) is 6.40. The topological polar surface area (TPSA) is 51.0 Å². The summed E-state index contributed by atoms with van der Waals surface area (Å²) in [5, 5.41) is 4.47. The molecule has 0 saturated carbocycles. The van der Waals surface area contributed by atoms with Crippen molar-refractivity contribution in [2.75, 3.05) is 13.6 Å². The number of rotatable bonds is 6. The third kappa shape index (κ3) is 3.82. The fourth-order valence-electron chi connectivity index (χ4n) is 2.94. The Morgan fingerprint density at radius 3 is 2.58 bits per heavy atom. The van der Waals surface area contributed by atoms with E-state index in [0.717, 1.165) is 29.9 Å². The Bertz CT molecular complexity index is 869. The lowest BCUT2D eigenvalue weighted by molar-refractivity contribution is 0.0795. The molecule has 0 aliphatic heterocycles. The minimum Gasteiger partial charge on any atom is -0.341 e. The van der Waals surface area contributed by atoms with Gasteiger partial charge in [0.05, 0.1) is 23.1 Å². The molecule has 5 nitrogen and oxygen atoms in total. The Morgan fingerprint density at radius 1 is 1.15 bits per heavy atom. The second kappa shape index (κ2) is 7.95. The highest BCUT2D eigenvalue weighted by atomic mass is 16.2. The summed E-state index contributed by atoms with van der Waals surface area (Å²) in [5.74, 6) is -0.00357. The number of hydrogen-bond donors (Lipinski definition) is 0. The Hall–Kier alpha value is -2.95. The zero-order valence-corrected chi connectivity index (χ0v) is 15.5. The van der Waals surface area contributed by atoms with Crippen LogP contribution in [0.3, 0.4) is 0 Å². The van der Waals surface area contributed by atoms with E-state index in [1.807, 2.05) is 49.0 Å². The van der Waals surface area contributed by atoms with Crippen molar-refractivity contribution < 1.29 is 4.79 Å². The van der Waals surface area contributed by atoms with Gasteiger partial charge in [0.1, 0.15) is 0 Å². The molecule has 0 fully saturated rings. The largest absolute Gasteiger partial charge is 0.341 e. The minimum absolute atomic E-state index is 0.00357. The third-order valence-corrected chi connectivity index (χ3v) is 4.49. The number of hydrogen-bond acceptors (Lipinski definition) is 3. The molecule has 1 aromatic carbocycles. The SMILES string of the molecule is CCc1c(C(=O)N(C)CCc2ccccn2)cnn1-c1ccc(C)cc1. The fraction of sp³-hybridized carbons (Fsp3) is 0.286. The van der Waals surface area contributed by atoms with Gasteiger partial charge in [-0.15, -0.1) is 0 Å². The first-order valence-corrected chi connectivity index (χ1v) is 8.89. The molecule has 1 amide bonds. The van der Waals surface area contributed by atoms with E-state index in [-0.39, 0.29) is 5.91 Å². The van der Waals surface area contributed by atoms with Gasteiger partial charge in [-0.05, 0) is 37.6 Å². The molecule has 0 atom stereocenters. The van der Waals surface area contributed by atoms with Gasteiger partial charge in [0.25, 0.3) is 5.91 Å². The van der Waals surface area contributed by atoms with E-state index in [1.54, 1.807) is 17.3 Å². The molecule has 0 aliphatic rings. The van der Waals surface area contributed by atoms with Gasteiger partial charge >= 0.3 is 0 Å². The number of benzene rings is 1. The standard InChI is InChI=1S/C21H24N4O/c1-4-20-19(15-23-25(20)18-10-8-16(2)9-11-18)21(26)24(3)14-12-17-7-5-6-13-22-17/h5-11,13,15H,4,12,14H2,1-3H3. The molecular weight excluding hydrogens is 324 g/mol. The lowest BCUT2D eigenvalue weighted by Crippen LogP contribution is -2.29. The number of carbonyl (C=O) groups is 1. The van der Waals surface area contributed by atoms with E-state index in [1.165, 1.54) is 5.56 Å². The minimum atomic E-state index is -0.00357. The summed E-state index contributed by atoms with van der Waals surface area (Å²) in [4.78, 5) is 18.9. The van der Waals surface area contributed by atoms with E-state index >= 15 is 0 Å². The molecule has 5 heteroatoms. The van der Waals surface area contributed by atoms with Gasteiger partial charge in [-0.2, -0.15) is 5.10 Å². The summed E-state index contributed by atoms with van der Waals surface area (Å²) < 4.78 is 1.86. The van der Waals surface area contributed by atoms with Crippen molar-refractivity contribution in [1.82, 2.24) is 19.7 Å². The smallest absolute Gasteiger partial charge is 0.257 e. The molecule has 134 valence electrons. The van der Waals surface area contributed by atoms with Crippen LogP contribution < -0.4 is 0 Å². The van der Waals surface area contributed by atoms with Crippen LogP contribution in [0.4, 0.5) is 0 Å². The first kappa shape index (κ1) is 17.9. The quantitative estimate of drug-likeness (QED) is 0.685. The van der Waals surface area contributed by atoms with Crippen LogP contribution in [-0.4, -0.2) is 39.2 Å². The highest BCUT2D eigenvalue weighted by molar-refractivity contribution is 5.95.